The zero-order valence-corrected chi connectivity index (χ0v) is 28.0. The third-order valence-corrected chi connectivity index (χ3v) is 10.3. The van der Waals surface area contributed by atoms with Crippen molar-refractivity contribution >= 4 is 29.2 Å². The number of carbonyl (C=O) groups is 3. The van der Waals surface area contributed by atoms with Gasteiger partial charge in [-0.2, -0.15) is 0 Å². The molecule has 3 fully saturated rings. The minimum atomic E-state index is -1.24. The zero-order chi connectivity index (χ0) is 33.1. The summed E-state index contributed by atoms with van der Waals surface area (Å²) in [7, 11) is 0. The topological polar surface area (TPSA) is 99.6 Å². The van der Waals surface area contributed by atoms with Crippen molar-refractivity contribution in [2.45, 2.75) is 90.5 Å². The first-order chi connectivity index (χ1) is 21.4. The van der Waals surface area contributed by atoms with Gasteiger partial charge in [-0.3, -0.25) is 14.4 Å². The highest BCUT2D eigenvalue weighted by molar-refractivity contribution is 6.05. The Hall–Kier alpha value is -3.17. The maximum absolute atomic E-state index is 15.0. The average Bonchev–Trinajstić information content (AvgIpc) is 3.53. The van der Waals surface area contributed by atoms with E-state index in [0.717, 1.165) is 18.8 Å². The van der Waals surface area contributed by atoms with Crippen molar-refractivity contribution in [1.29, 1.82) is 0 Å². The number of aliphatic hydroxyl groups excluding tert-OH is 1. The van der Waals surface area contributed by atoms with E-state index in [0.29, 0.717) is 31.4 Å². The molecule has 1 spiro atoms. The van der Waals surface area contributed by atoms with Crippen molar-refractivity contribution in [3.05, 3.63) is 49.6 Å². The van der Waals surface area contributed by atoms with Gasteiger partial charge < -0.3 is 29.3 Å². The molecule has 7 atom stereocenters. The molecule has 0 radical (unpaired) electrons. The lowest BCUT2D eigenvalue weighted by Gasteiger charge is -2.40. The summed E-state index contributed by atoms with van der Waals surface area (Å²) >= 11 is 0. The van der Waals surface area contributed by atoms with Crippen molar-refractivity contribution in [2.24, 2.45) is 23.7 Å². The number of aliphatic hydroxyl groups is 1. The van der Waals surface area contributed by atoms with Crippen LogP contribution in [-0.2, 0) is 23.9 Å². The molecule has 3 saturated heterocycles. The van der Waals surface area contributed by atoms with Crippen molar-refractivity contribution in [3.63, 3.8) is 0 Å². The van der Waals surface area contributed by atoms with Crippen LogP contribution in [0.5, 0.6) is 0 Å². The highest BCUT2D eigenvalue weighted by atomic mass is 16.6. The van der Waals surface area contributed by atoms with Gasteiger partial charge in [-0.25, -0.2) is 0 Å². The third kappa shape index (κ3) is 6.06. The highest BCUT2D eigenvalue weighted by Gasteiger charge is 2.80. The number of benzene rings is 1. The van der Waals surface area contributed by atoms with Crippen LogP contribution in [0.1, 0.15) is 67.2 Å². The number of anilines is 2. The summed E-state index contributed by atoms with van der Waals surface area (Å²) in [5.41, 5.74) is -0.477. The third-order valence-electron chi connectivity index (χ3n) is 10.3. The number of ether oxygens (including phenoxy) is 2. The number of hydrogen-bond donors (Lipinski definition) is 1. The summed E-state index contributed by atoms with van der Waals surface area (Å²) in [5.74, 6) is -2.82. The fourth-order valence-corrected chi connectivity index (χ4v) is 8.05. The van der Waals surface area contributed by atoms with Crippen LogP contribution in [-0.4, -0.2) is 83.9 Å². The zero-order valence-electron chi connectivity index (χ0n) is 28.0. The molecule has 0 saturated carbocycles. The number of allylic oxidation sites excluding steroid dienone is 1. The molecule has 9 heteroatoms. The maximum atomic E-state index is 15.0. The Morgan fingerprint density at radius 1 is 1.16 bits per heavy atom. The average molecular weight is 624 g/mol. The Morgan fingerprint density at radius 3 is 2.36 bits per heavy atom. The first kappa shape index (κ1) is 34.7. The van der Waals surface area contributed by atoms with Crippen molar-refractivity contribution in [3.8, 4) is 0 Å². The molecular weight excluding hydrogens is 570 g/mol. The fraction of sp³-hybridized carbons (Fsp3) is 0.639. The normalized spacial score (nSPS) is 29.1. The van der Waals surface area contributed by atoms with Gasteiger partial charge in [-0.1, -0.05) is 32.9 Å². The van der Waals surface area contributed by atoms with Crippen molar-refractivity contribution < 1.29 is 29.0 Å². The molecule has 45 heavy (non-hydrogen) atoms. The van der Waals surface area contributed by atoms with Crippen molar-refractivity contribution in [2.75, 3.05) is 42.6 Å². The quantitative estimate of drug-likeness (QED) is 0.158. The number of nitrogens with zero attached hydrogens (tertiary/aromatic N) is 3. The van der Waals surface area contributed by atoms with E-state index in [1.807, 2.05) is 52.0 Å². The minimum Gasteiger partial charge on any atom is -0.465 e. The summed E-state index contributed by atoms with van der Waals surface area (Å²) in [4.78, 5) is 48.8. The van der Waals surface area contributed by atoms with E-state index in [2.05, 4.69) is 31.9 Å². The molecule has 0 aromatic heterocycles. The molecule has 3 aliphatic heterocycles. The molecule has 2 amide bonds. The van der Waals surface area contributed by atoms with Crippen LogP contribution in [0, 0.1) is 23.7 Å². The maximum Gasteiger partial charge on any atom is 0.312 e. The lowest BCUT2D eigenvalue weighted by atomic mass is 9.62. The number of unbranched alkanes of at least 4 members (excludes halogenated alkanes) is 1. The fourth-order valence-electron chi connectivity index (χ4n) is 8.05. The van der Waals surface area contributed by atoms with Crippen LogP contribution in [0.25, 0.3) is 0 Å². The number of hydrogen-bond acceptors (Lipinski definition) is 7. The molecule has 3 aliphatic rings. The van der Waals surface area contributed by atoms with Crippen LogP contribution in [0.15, 0.2) is 49.6 Å². The van der Waals surface area contributed by atoms with Crippen LogP contribution in [0.2, 0.25) is 0 Å². The lowest BCUT2D eigenvalue weighted by molar-refractivity contribution is -0.162. The second kappa shape index (κ2) is 14.1. The molecule has 4 rings (SSSR count). The predicted octanol–water partition coefficient (Wildman–Crippen LogP) is 4.98. The summed E-state index contributed by atoms with van der Waals surface area (Å²) < 4.78 is 12.6. The van der Waals surface area contributed by atoms with E-state index >= 15 is 0 Å². The number of likely N-dealkylation sites (tertiary alicyclic amines) is 1. The molecule has 3 unspecified atom stereocenters. The summed E-state index contributed by atoms with van der Waals surface area (Å²) in [6, 6.07) is 6.19. The van der Waals surface area contributed by atoms with Gasteiger partial charge in [-0.05, 0) is 82.6 Å². The smallest absolute Gasteiger partial charge is 0.312 e. The van der Waals surface area contributed by atoms with Crippen LogP contribution >= 0.6 is 0 Å². The highest BCUT2D eigenvalue weighted by Crippen LogP contribution is 2.66. The van der Waals surface area contributed by atoms with Gasteiger partial charge in [0.2, 0.25) is 5.91 Å². The number of amides is 2. The van der Waals surface area contributed by atoms with E-state index in [4.69, 9.17) is 9.47 Å². The number of carbonyl (C=O) groups excluding carboxylic acids is 3. The Balaban J connectivity index is 1.80. The monoisotopic (exact) mass is 623 g/mol. The molecule has 1 N–H and O–H groups in total. The molecule has 0 aliphatic carbocycles. The predicted molar refractivity (Wildman–Crippen MR) is 177 cm³/mol. The molecule has 3 heterocycles. The van der Waals surface area contributed by atoms with E-state index in [-0.39, 0.29) is 43.4 Å². The Morgan fingerprint density at radius 2 is 1.80 bits per heavy atom. The number of fused-ring (bicyclic) bond motifs is 1. The van der Waals surface area contributed by atoms with E-state index in [1.165, 1.54) is 0 Å². The van der Waals surface area contributed by atoms with Gasteiger partial charge in [0.05, 0.1) is 30.8 Å². The van der Waals surface area contributed by atoms with Gasteiger partial charge in [0.25, 0.3) is 5.91 Å². The van der Waals surface area contributed by atoms with Gasteiger partial charge in [0.1, 0.15) is 17.6 Å². The van der Waals surface area contributed by atoms with Gasteiger partial charge in [0, 0.05) is 31.0 Å². The molecule has 1 aromatic carbocycles. The van der Waals surface area contributed by atoms with E-state index in [1.54, 1.807) is 22.0 Å². The Labute approximate surface area is 269 Å². The molecule has 9 nitrogen and oxygen atoms in total. The van der Waals surface area contributed by atoms with Crippen LogP contribution in [0.4, 0.5) is 11.4 Å². The molecule has 248 valence electrons. The Kier molecular flexibility index (Phi) is 10.9. The molecular formula is C36H53N3O6. The largest absolute Gasteiger partial charge is 0.465 e. The second-order valence-corrected chi connectivity index (χ2v) is 13.4. The summed E-state index contributed by atoms with van der Waals surface area (Å²) in [5, 5.41) is 10.6. The summed E-state index contributed by atoms with van der Waals surface area (Å²) in [6.45, 7) is 21.6. The summed E-state index contributed by atoms with van der Waals surface area (Å²) in [6.07, 6.45) is 5.73. The molecule has 2 bridgehead atoms. The standard InChI is InChI=1S/C36H53N3O6/c1-9-13-14-20-44-34(43)30-29-32(41)39(28(23-40)21-24(5)6)31(36(29)22-25(7)35(30,8)45-36)33(42)38(19-10-2)27-17-15-26(16-18-27)37(11-3)12-4/h9-10,15-18,24-25,28-31,40H,1-2,11-14,19-23H2,3-8H3/t25?,28-,29+,30-,31?,35+,36?/m1/s1. The number of rotatable bonds is 16. The van der Waals surface area contributed by atoms with Crippen molar-refractivity contribution in [1.82, 2.24) is 4.90 Å². The molecule has 1 aromatic rings. The van der Waals surface area contributed by atoms with Gasteiger partial charge in [0.15, 0.2) is 0 Å². The lowest BCUT2D eigenvalue weighted by Crippen LogP contribution is -2.59. The SMILES string of the molecule is C=CCCCOC(=O)[C@H]1[C@H]2C(=O)N([C@@H](CO)CC(C)C)C(C(=O)N(CC=C)c3ccc(N(CC)CC)cc3)C23CC(C)[C@]1(C)O3. The number of esters is 1. The van der Waals surface area contributed by atoms with Gasteiger partial charge in [-0.15, -0.1) is 13.2 Å². The second-order valence-electron chi connectivity index (χ2n) is 13.4. The van der Waals surface area contributed by atoms with E-state index < -0.39 is 41.1 Å². The van der Waals surface area contributed by atoms with Gasteiger partial charge >= 0.3 is 5.97 Å². The first-order valence-electron chi connectivity index (χ1n) is 16.6. The first-order valence-corrected chi connectivity index (χ1v) is 16.6. The van der Waals surface area contributed by atoms with E-state index in [9.17, 15) is 19.5 Å². The van der Waals surface area contributed by atoms with Crippen LogP contribution < -0.4 is 9.80 Å². The van der Waals surface area contributed by atoms with Crippen LogP contribution in [0.3, 0.4) is 0 Å². The Bertz CT molecular complexity index is 1250. The minimum absolute atomic E-state index is 0.110.